The van der Waals surface area contributed by atoms with E-state index in [4.69, 9.17) is 4.74 Å². The first-order valence-corrected chi connectivity index (χ1v) is 14.4. The highest BCUT2D eigenvalue weighted by Gasteiger charge is 2.43. The number of H-pyrrole nitrogens is 1. The van der Waals surface area contributed by atoms with E-state index in [1.54, 1.807) is 41.1 Å². The Bertz CT molecular complexity index is 1480. The van der Waals surface area contributed by atoms with Gasteiger partial charge in [0, 0.05) is 23.1 Å². The van der Waals surface area contributed by atoms with Gasteiger partial charge in [-0.15, -0.1) is 0 Å². The molecule has 5 atom stereocenters. The Hall–Kier alpha value is -3.71. The van der Waals surface area contributed by atoms with Crippen molar-refractivity contribution in [1.29, 1.82) is 0 Å². The first-order chi connectivity index (χ1) is 18.8. The van der Waals surface area contributed by atoms with Crippen LogP contribution < -0.4 is 10.3 Å². The normalized spacial score (nSPS) is 24.7. The minimum Gasteiger partial charge on any atom is -0.506 e. The molecule has 2 aliphatic rings. The van der Waals surface area contributed by atoms with Crippen LogP contribution in [0.25, 0.3) is 11.1 Å². The average molecular weight is 544 g/mol. The van der Waals surface area contributed by atoms with Crippen molar-refractivity contribution in [3.05, 3.63) is 92.6 Å². The van der Waals surface area contributed by atoms with Crippen molar-refractivity contribution in [2.45, 2.75) is 40.0 Å². The van der Waals surface area contributed by atoms with E-state index < -0.39 is 17.4 Å². The molecular weight excluding hydrogens is 510 g/mol. The third kappa shape index (κ3) is 5.28. The van der Waals surface area contributed by atoms with Crippen LogP contribution in [-0.2, 0) is 0 Å². The molecule has 1 saturated carbocycles. The second kappa shape index (κ2) is 11.2. The van der Waals surface area contributed by atoms with Crippen LogP contribution in [0.4, 0.5) is 0 Å². The summed E-state index contributed by atoms with van der Waals surface area (Å²) in [6.45, 7) is 6.31. The van der Waals surface area contributed by atoms with Gasteiger partial charge in [-0.1, -0.05) is 49.3 Å². The lowest BCUT2D eigenvalue weighted by molar-refractivity contribution is 0.0734. The van der Waals surface area contributed by atoms with Gasteiger partial charge in [-0.05, 0) is 79.5 Å². The summed E-state index contributed by atoms with van der Waals surface area (Å²) in [4.78, 5) is 41.8. The lowest BCUT2D eigenvalue weighted by atomic mass is 9.59. The average Bonchev–Trinajstić information content (AvgIpc) is 3.46. The van der Waals surface area contributed by atoms with Gasteiger partial charge < -0.3 is 14.8 Å². The predicted octanol–water partition coefficient (Wildman–Crippen LogP) is 7.03. The summed E-state index contributed by atoms with van der Waals surface area (Å²) in [5, 5.41) is 14.8. The van der Waals surface area contributed by atoms with Crippen LogP contribution in [0.2, 0.25) is 0 Å². The fourth-order valence-electron chi connectivity index (χ4n) is 6.32. The minimum atomic E-state index is -0.605. The van der Waals surface area contributed by atoms with Gasteiger partial charge in [0.25, 0.3) is 5.56 Å². The molecule has 2 heterocycles. The largest absolute Gasteiger partial charge is 0.506 e. The SMILES string of the molecule is C/C=C/[C@@H]1[C@H]2C[C@@H](C)CC[C@@H]2C(C)=C[C@H]1C(=O)c1c(O)c(-c2ccc(OC(=O)c3ccsc3)cc2)c[nH]c1=O. The van der Waals surface area contributed by atoms with Crippen LogP contribution in [0.3, 0.4) is 0 Å². The topological polar surface area (TPSA) is 96.5 Å². The minimum absolute atomic E-state index is 0.0291. The molecule has 0 radical (unpaired) electrons. The second-order valence-corrected chi connectivity index (χ2v) is 11.6. The molecule has 5 rings (SSSR count). The number of aromatic nitrogens is 1. The number of carbonyl (C=O) groups excluding carboxylic acids is 2. The highest BCUT2D eigenvalue weighted by molar-refractivity contribution is 7.08. The van der Waals surface area contributed by atoms with Gasteiger partial charge in [0.2, 0.25) is 0 Å². The summed E-state index contributed by atoms with van der Waals surface area (Å²) < 4.78 is 5.42. The molecule has 0 aliphatic heterocycles. The lowest BCUT2D eigenvalue weighted by Crippen LogP contribution is -2.40. The molecule has 2 N–H and O–H groups in total. The molecule has 202 valence electrons. The van der Waals surface area contributed by atoms with E-state index in [1.165, 1.54) is 29.5 Å². The van der Waals surface area contributed by atoms with Crippen LogP contribution >= 0.6 is 11.3 Å². The molecular formula is C32H33NO5S. The van der Waals surface area contributed by atoms with E-state index >= 15 is 0 Å². The van der Waals surface area contributed by atoms with Crippen molar-refractivity contribution < 1.29 is 19.4 Å². The van der Waals surface area contributed by atoms with Gasteiger partial charge in [-0.3, -0.25) is 9.59 Å². The maximum Gasteiger partial charge on any atom is 0.344 e. The second-order valence-electron chi connectivity index (χ2n) is 10.8. The zero-order valence-corrected chi connectivity index (χ0v) is 23.2. The number of hydrogen-bond donors (Lipinski definition) is 2. The number of ether oxygens (including phenoxy) is 1. The molecule has 7 heteroatoms. The van der Waals surface area contributed by atoms with E-state index in [2.05, 4.69) is 24.9 Å². The molecule has 0 saturated heterocycles. The monoisotopic (exact) mass is 543 g/mol. The number of fused-ring (bicyclic) bond motifs is 1. The standard InChI is InChI=1S/C32H33NO5S/c1-4-5-24-25-14-18(2)6-11-23(25)19(3)15-26(24)29(34)28-30(35)27(16-33-31(28)36)20-7-9-22(10-8-20)38-32(37)21-12-13-39-17-21/h4-5,7-10,12-13,15-18,23-26H,6,11,14H2,1-3H3,(H2,33,35,36)/b5-4+/t18-,23+,24+,25-,26+/m0/s1. The van der Waals surface area contributed by atoms with E-state index in [0.717, 1.165) is 12.8 Å². The lowest BCUT2D eigenvalue weighted by Gasteiger charge is -2.45. The molecule has 1 aromatic carbocycles. The highest BCUT2D eigenvalue weighted by Crippen LogP contribution is 2.49. The van der Waals surface area contributed by atoms with Crippen molar-refractivity contribution >= 4 is 23.1 Å². The van der Waals surface area contributed by atoms with Crippen LogP contribution in [0.15, 0.2) is 75.9 Å². The third-order valence-electron chi connectivity index (χ3n) is 8.26. The van der Waals surface area contributed by atoms with E-state index in [9.17, 15) is 19.5 Å². The number of ketones is 1. The fourth-order valence-corrected chi connectivity index (χ4v) is 6.95. The Labute approximate surface area is 232 Å². The Morgan fingerprint density at radius 1 is 1.15 bits per heavy atom. The van der Waals surface area contributed by atoms with Gasteiger partial charge in [0.15, 0.2) is 5.78 Å². The summed E-state index contributed by atoms with van der Waals surface area (Å²) in [6, 6.07) is 8.28. The smallest absolute Gasteiger partial charge is 0.344 e. The third-order valence-corrected chi connectivity index (χ3v) is 8.94. The van der Waals surface area contributed by atoms with Gasteiger partial charge in [0.1, 0.15) is 17.1 Å². The first-order valence-electron chi connectivity index (χ1n) is 13.4. The van der Waals surface area contributed by atoms with Gasteiger partial charge in [0.05, 0.1) is 5.56 Å². The maximum absolute atomic E-state index is 14.0. The molecule has 1 fully saturated rings. The van der Waals surface area contributed by atoms with Crippen molar-refractivity contribution in [2.75, 3.05) is 0 Å². The predicted molar refractivity (Wildman–Crippen MR) is 153 cm³/mol. The summed E-state index contributed by atoms with van der Waals surface area (Å²) in [7, 11) is 0. The van der Waals surface area contributed by atoms with E-state index in [-0.39, 0.29) is 23.0 Å². The van der Waals surface area contributed by atoms with Crippen molar-refractivity contribution in [3.63, 3.8) is 0 Å². The molecule has 0 spiro atoms. The number of pyridine rings is 1. The van der Waals surface area contributed by atoms with Crippen molar-refractivity contribution in [1.82, 2.24) is 4.98 Å². The van der Waals surface area contributed by atoms with Crippen LogP contribution in [-0.4, -0.2) is 21.8 Å². The Kier molecular flexibility index (Phi) is 7.71. The number of nitrogens with one attached hydrogen (secondary N) is 1. The Balaban J connectivity index is 1.46. The number of aromatic amines is 1. The molecule has 2 aliphatic carbocycles. The number of allylic oxidation sites excluding steroid dienone is 4. The number of benzene rings is 1. The van der Waals surface area contributed by atoms with Crippen molar-refractivity contribution in [3.8, 4) is 22.6 Å². The van der Waals surface area contributed by atoms with Crippen LogP contribution in [0, 0.1) is 29.6 Å². The molecule has 39 heavy (non-hydrogen) atoms. The molecule has 0 amide bonds. The molecule has 0 unspecified atom stereocenters. The van der Waals surface area contributed by atoms with Crippen LogP contribution in [0.5, 0.6) is 11.5 Å². The summed E-state index contributed by atoms with van der Waals surface area (Å²) >= 11 is 1.41. The molecule has 3 aromatic rings. The Morgan fingerprint density at radius 3 is 2.62 bits per heavy atom. The number of hydrogen-bond acceptors (Lipinski definition) is 6. The molecule has 0 bridgehead atoms. The number of esters is 1. The number of rotatable bonds is 6. The highest BCUT2D eigenvalue weighted by atomic mass is 32.1. The van der Waals surface area contributed by atoms with Gasteiger partial charge in [-0.25, -0.2) is 4.79 Å². The van der Waals surface area contributed by atoms with Gasteiger partial charge in [-0.2, -0.15) is 11.3 Å². The van der Waals surface area contributed by atoms with Crippen molar-refractivity contribution in [2.24, 2.45) is 29.6 Å². The number of Topliss-reactive ketones (excluding diaryl/α,β-unsaturated/α-hetero) is 1. The zero-order valence-electron chi connectivity index (χ0n) is 22.3. The number of aromatic hydroxyl groups is 1. The fraction of sp³-hybridized carbons (Fsp3) is 0.344. The molecule has 2 aromatic heterocycles. The number of thiophene rings is 1. The van der Waals surface area contributed by atoms with E-state index in [1.807, 2.05) is 19.1 Å². The first kappa shape index (κ1) is 26.9. The maximum atomic E-state index is 14.0. The quantitative estimate of drug-likeness (QED) is 0.151. The number of carbonyl (C=O) groups is 2. The summed E-state index contributed by atoms with van der Waals surface area (Å²) in [6.07, 6.45) is 10.9. The summed E-state index contributed by atoms with van der Waals surface area (Å²) in [5.41, 5.74) is 1.76. The summed E-state index contributed by atoms with van der Waals surface area (Å²) in [5.74, 6) is 0.0102. The Morgan fingerprint density at radius 2 is 1.92 bits per heavy atom. The van der Waals surface area contributed by atoms with Crippen LogP contribution in [0.1, 0.15) is 60.7 Å². The van der Waals surface area contributed by atoms with E-state index in [0.29, 0.717) is 40.2 Å². The van der Waals surface area contributed by atoms with Gasteiger partial charge >= 0.3 is 5.97 Å². The molecule has 6 nitrogen and oxygen atoms in total. The zero-order chi connectivity index (χ0) is 27.7.